The van der Waals surface area contributed by atoms with Gasteiger partial charge in [-0.2, -0.15) is 5.10 Å². The third-order valence-corrected chi connectivity index (χ3v) is 4.97. The fourth-order valence-electron chi connectivity index (χ4n) is 2.44. The molecular formula is C19H23N3O6S. The third kappa shape index (κ3) is 6.11. The van der Waals surface area contributed by atoms with Crippen molar-refractivity contribution in [2.75, 3.05) is 38.4 Å². The minimum Gasteiger partial charge on any atom is -0.497 e. The zero-order valence-electron chi connectivity index (χ0n) is 16.6. The fraction of sp³-hybridized carbons (Fsp3) is 0.263. The Labute approximate surface area is 169 Å². The largest absolute Gasteiger partial charge is 0.497 e. The first-order valence-corrected chi connectivity index (χ1v) is 10.3. The van der Waals surface area contributed by atoms with E-state index in [0.717, 1.165) is 10.6 Å². The van der Waals surface area contributed by atoms with Gasteiger partial charge >= 0.3 is 0 Å². The van der Waals surface area contributed by atoms with Crippen molar-refractivity contribution >= 4 is 27.8 Å². The standard InChI is InChI=1S/C19H23N3O6S/c1-26-15-7-5-6-14(10-15)12-20-21-19(23)13-22(29(4,24)25)17-9-8-16(27-2)11-18(17)28-3/h5-12H,13H2,1-4H3,(H,21,23)/b20-12-. The fourth-order valence-corrected chi connectivity index (χ4v) is 3.30. The van der Waals surface area contributed by atoms with Gasteiger partial charge in [-0.1, -0.05) is 12.1 Å². The lowest BCUT2D eigenvalue weighted by atomic mass is 10.2. The first-order chi connectivity index (χ1) is 13.8. The number of methoxy groups -OCH3 is 3. The summed E-state index contributed by atoms with van der Waals surface area (Å²) in [6.45, 7) is -0.475. The van der Waals surface area contributed by atoms with Crippen LogP contribution < -0.4 is 23.9 Å². The third-order valence-electron chi connectivity index (χ3n) is 3.84. The molecule has 2 aromatic carbocycles. The van der Waals surface area contributed by atoms with Crippen LogP contribution in [0.3, 0.4) is 0 Å². The normalized spacial score (nSPS) is 11.2. The highest BCUT2D eigenvalue weighted by molar-refractivity contribution is 7.92. The Morgan fingerprint density at radius 1 is 1.07 bits per heavy atom. The number of carbonyl (C=O) groups excluding carboxylic acids is 1. The Hall–Kier alpha value is -3.27. The maximum atomic E-state index is 12.3. The number of rotatable bonds is 9. The maximum Gasteiger partial charge on any atom is 0.260 e. The number of nitrogens with one attached hydrogen (secondary N) is 1. The van der Waals surface area contributed by atoms with Crippen molar-refractivity contribution in [1.82, 2.24) is 5.43 Å². The smallest absolute Gasteiger partial charge is 0.260 e. The Bertz CT molecular complexity index is 991. The molecule has 0 radical (unpaired) electrons. The summed E-state index contributed by atoms with van der Waals surface area (Å²) in [5, 5.41) is 3.86. The molecule has 0 spiro atoms. The van der Waals surface area contributed by atoms with Gasteiger partial charge in [-0.25, -0.2) is 13.8 Å². The molecule has 10 heteroatoms. The molecule has 0 saturated heterocycles. The minimum atomic E-state index is -3.77. The average Bonchev–Trinajstić information content (AvgIpc) is 2.71. The molecule has 0 heterocycles. The molecule has 1 N–H and O–H groups in total. The highest BCUT2D eigenvalue weighted by atomic mass is 32.2. The molecule has 0 unspecified atom stereocenters. The van der Waals surface area contributed by atoms with Crippen molar-refractivity contribution in [3.8, 4) is 17.2 Å². The summed E-state index contributed by atoms with van der Waals surface area (Å²) in [5.74, 6) is 0.774. The summed E-state index contributed by atoms with van der Waals surface area (Å²) in [5.41, 5.74) is 3.24. The summed E-state index contributed by atoms with van der Waals surface area (Å²) in [6, 6.07) is 11.7. The van der Waals surface area contributed by atoms with Crippen LogP contribution in [0.5, 0.6) is 17.2 Å². The van der Waals surface area contributed by atoms with E-state index < -0.39 is 22.5 Å². The minimum absolute atomic E-state index is 0.211. The summed E-state index contributed by atoms with van der Waals surface area (Å²) in [4.78, 5) is 12.3. The summed E-state index contributed by atoms with van der Waals surface area (Å²) < 4.78 is 40.9. The molecule has 156 valence electrons. The lowest BCUT2D eigenvalue weighted by Gasteiger charge is -2.23. The van der Waals surface area contributed by atoms with Crippen LogP contribution in [0, 0.1) is 0 Å². The SMILES string of the molecule is COc1cccc(/C=N\NC(=O)CN(c2ccc(OC)cc2OC)S(C)(=O)=O)c1. The van der Waals surface area contributed by atoms with Crippen molar-refractivity contribution in [2.45, 2.75) is 0 Å². The number of hydrogen-bond acceptors (Lipinski definition) is 7. The van der Waals surface area contributed by atoms with Crippen molar-refractivity contribution in [1.29, 1.82) is 0 Å². The van der Waals surface area contributed by atoms with Gasteiger partial charge in [0.15, 0.2) is 0 Å². The van der Waals surface area contributed by atoms with Gasteiger partial charge in [-0.05, 0) is 29.8 Å². The van der Waals surface area contributed by atoms with Gasteiger partial charge in [-0.15, -0.1) is 0 Å². The van der Waals surface area contributed by atoms with Crippen LogP contribution >= 0.6 is 0 Å². The van der Waals surface area contributed by atoms with Gasteiger partial charge in [0, 0.05) is 6.07 Å². The molecule has 0 fully saturated rings. The second kappa shape index (κ2) is 9.78. The Morgan fingerprint density at radius 2 is 1.76 bits per heavy atom. The second-order valence-corrected chi connectivity index (χ2v) is 7.78. The summed E-state index contributed by atoms with van der Waals surface area (Å²) >= 11 is 0. The quantitative estimate of drug-likeness (QED) is 0.487. The van der Waals surface area contributed by atoms with Gasteiger partial charge in [-0.3, -0.25) is 9.10 Å². The van der Waals surface area contributed by atoms with E-state index in [4.69, 9.17) is 14.2 Å². The predicted octanol–water partition coefficient (Wildman–Crippen LogP) is 1.63. The van der Waals surface area contributed by atoms with Crippen molar-refractivity contribution in [3.63, 3.8) is 0 Å². The summed E-state index contributed by atoms with van der Waals surface area (Å²) in [6.07, 6.45) is 2.43. The van der Waals surface area contributed by atoms with Gasteiger partial charge in [0.25, 0.3) is 5.91 Å². The zero-order chi connectivity index (χ0) is 21.4. The number of amides is 1. The molecule has 0 bridgehead atoms. The number of hydrazone groups is 1. The van der Waals surface area contributed by atoms with Crippen LogP contribution in [0.1, 0.15) is 5.56 Å². The van der Waals surface area contributed by atoms with Crippen LogP contribution in [-0.4, -0.2) is 54.7 Å². The highest BCUT2D eigenvalue weighted by Gasteiger charge is 2.24. The number of sulfonamides is 1. The number of nitrogens with zero attached hydrogens (tertiary/aromatic N) is 2. The predicted molar refractivity (Wildman–Crippen MR) is 110 cm³/mol. The molecule has 9 nitrogen and oxygen atoms in total. The molecule has 0 aliphatic carbocycles. The molecule has 2 aromatic rings. The van der Waals surface area contributed by atoms with Crippen molar-refractivity contribution in [2.24, 2.45) is 5.10 Å². The molecule has 0 aliphatic heterocycles. The highest BCUT2D eigenvalue weighted by Crippen LogP contribution is 2.33. The zero-order valence-corrected chi connectivity index (χ0v) is 17.4. The van der Waals surface area contributed by atoms with Gasteiger partial charge in [0.05, 0.1) is 39.5 Å². The first kappa shape index (κ1) is 22.0. The maximum absolute atomic E-state index is 12.3. The van der Waals surface area contributed by atoms with E-state index in [1.807, 2.05) is 0 Å². The Kier molecular flexibility index (Phi) is 7.43. The van der Waals surface area contributed by atoms with E-state index in [9.17, 15) is 13.2 Å². The summed E-state index contributed by atoms with van der Waals surface area (Å²) in [7, 11) is 0.661. The molecular weight excluding hydrogens is 398 g/mol. The molecule has 29 heavy (non-hydrogen) atoms. The lowest BCUT2D eigenvalue weighted by molar-refractivity contribution is -0.119. The number of benzene rings is 2. The topological polar surface area (TPSA) is 107 Å². The first-order valence-electron chi connectivity index (χ1n) is 8.44. The van der Waals surface area contributed by atoms with Crippen LogP contribution in [0.15, 0.2) is 47.6 Å². The molecule has 0 atom stereocenters. The van der Waals surface area contributed by atoms with Gasteiger partial charge in [0.2, 0.25) is 10.0 Å². The molecule has 0 saturated carbocycles. The molecule has 1 amide bonds. The van der Waals surface area contributed by atoms with E-state index in [0.29, 0.717) is 17.1 Å². The average molecular weight is 421 g/mol. The lowest BCUT2D eigenvalue weighted by Crippen LogP contribution is -2.39. The number of anilines is 1. The van der Waals surface area contributed by atoms with E-state index in [-0.39, 0.29) is 11.4 Å². The number of carbonyl (C=O) groups is 1. The van der Waals surface area contributed by atoms with E-state index in [1.165, 1.54) is 32.6 Å². The number of ether oxygens (including phenoxy) is 3. The molecule has 0 aliphatic rings. The monoisotopic (exact) mass is 421 g/mol. The molecule has 2 rings (SSSR count). The second-order valence-electron chi connectivity index (χ2n) is 5.88. The van der Waals surface area contributed by atoms with Crippen LogP contribution in [0.4, 0.5) is 5.69 Å². The van der Waals surface area contributed by atoms with Crippen molar-refractivity contribution in [3.05, 3.63) is 48.0 Å². The van der Waals surface area contributed by atoms with Gasteiger partial charge in [0.1, 0.15) is 23.8 Å². The van der Waals surface area contributed by atoms with E-state index >= 15 is 0 Å². The van der Waals surface area contributed by atoms with Crippen LogP contribution in [0.2, 0.25) is 0 Å². The van der Waals surface area contributed by atoms with E-state index in [1.54, 1.807) is 37.4 Å². The Morgan fingerprint density at radius 3 is 2.38 bits per heavy atom. The van der Waals surface area contributed by atoms with Gasteiger partial charge < -0.3 is 14.2 Å². The van der Waals surface area contributed by atoms with Crippen LogP contribution in [0.25, 0.3) is 0 Å². The van der Waals surface area contributed by atoms with Crippen molar-refractivity contribution < 1.29 is 27.4 Å². The van der Waals surface area contributed by atoms with Crippen LogP contribution in [-0.2, 0) is 14.8 Å². The Balaban J connectivity index is 2.16. The molecule has 0 aromatic heterocycles. The van der Waals surface area contributed by atoms with E-state index in [2.05, 4.69) is 10.5 Å². The number of hydrogen-bond donors (Lipinski definition) is 1.